The number of benzene rings is 2. The minimum atomic E-state index is -1.03. The Morgan fingerprint density at radius 2 is 1.85 bits per heavy atom. The average Bonchev–Trinajstić information content (AvgIpc) is 2.87. The Bertz CT molecular complexity index is 824. The molecule has 0 fully saturated rings. The van der Waals surface area contributed by atoms with Crippen LogP contribution in [0.2, 0.25) is 0 Å². The number of nitrogens with one attached hydrogen (secondary N) is 1. The van der Waals surface area contributed by atoms with Crippen LogP contribution in [0, 0.1) is 11.6 Å². The van der Waals surface area contributed by atoms with Gasteiger partial charge in [-0.15, -0.1) is 0 Å². The van der Waals surface area contributed by atoms with Crippen LogP contribution < -0.4 is 5.73 Å². The number of carbonyl (C=O) groups is 1. The van der Waals surface area contributed by atoms with Crippen molar-refractivity contribution < 1.29 is 13.6 Å². The summed E-state index contributed by atoms with van der Waals surface area (Å²) in [6.45, 7) is 0. The first-order valence-electron chi connectivity index (χ1n) is 5.94. The predicted octanol–water partition coefficient (Wildman–Crippen LogP) is 3.26. The lowest BCUT2D eigenvalue weighted by molar-refractivity contribution is 0.103. The highest BCUT2D eigenvalue weighted by Gasteiger charge is 2.23. The van der Waals surface area contributed by atoms with Gasteiger partial charge < -0.3 is 10.7 Å². The fourth-order valence-corrected chi connectivity index (χ4v) is 2.17. The summed E-state index contributed by atoms with van der Waals surface area (Å²) in [6, 6.07) is 9.12. The Morgan fingerprint density at radius 1 is 1.10 bits per heavy atom. The van der Waals surface area contributed by atoms with Crippen LogP contribution in [0.3, 0.4) is 0 Å². The van der Waals surface area contributed by atoms with E-state index in [1.807, 2.05) is 0 Å². The molecule has 0 saturated heterocycles. The molecule has 0 bridgehead atoms. The molecular formula is C15H10F2N2O. The first-order chi connectivity index (χ1) is 9.59. The Balaban J connectivity index is 2.21. The van der Waals surface area contributed by atoms with Crippen molar-refractivity contribution in [2.45, 2.75) is 0 Å². The van der Waals surface area contributed by atoms with Crippen LogP contribution in [0.1, 0.15) is 15.9 Å². The van der Waals surface area contributed by atoms with Crippen molar-refractivity contribution in [3.05, 3.63) is 65.4 Å². The van der Waals surface area contributed by atoms with Crippen LogP contribution in [0.25, 0.3) is 10.9 Å². The van der Waals surface area contributed by atoms with Gasteiger partial charge in [0.05, 0.1) is 11.3 Å². The molecule has 0 atom stereocenters. The molecular weight excluding hydrogens is 262 g/mol. The van der Waals surface area contributed by atoms with Crippen LogP contribution in [-0.4, -0.2) is 10.8 Å². The quantitative estimate of drug-likeness (QED) is 0.555. The standard InChI is InChI=1S/C15H10F2N2O/c16-10-5-6-11(18)14(17)13(10)15(20)9-7-19-12-4-2-1-3-8(9)12/h1-7,19H,18H2. The van der Waals surface area contributed by atoms with Gasteiger partial charge in [-0.3, -0.25) is 4.79 Å². The third-order valence-corrected chi connectivity index (χ3v) is 3.18. The van der Waals surface area contributed by atoms with E-state index in [1.54, 1.807) is 24.3 Å². The Morgan fingerprint density at radius 3 is 2.65 bits per heavy atom. The number of para-hydroxylation sites is 1. The number of halogens is 2. The maximum absolute atomic E-state index is 13.9. The van der Waals surface area contributed by atoms with Gasteiger partial charge in [-0.25, -0.2) is 8.78 Å². The molecule has 0 unspecified atom stereocenters. The van der Waals surface area contributed by atoms with Gasteiger partial charge in [0, 0.05) is 22.7 Å². The molecule has 3 N–H and O–H groups in total. The second kappa shape index (κ2) is 4.45. The summed E-state index contributed by atoms with van der Waals surface area (Å²) in [6.07, 6.45) is 1.44. The fourth-order valence-electron chi connectivity index (χ4n) is 2.17. The number of H-pyrrole nitrogens is 1. The van der Waals surface area contributed by atoms with Gasteiger partial charge in [0.1, 0.15) is 5.82 Å². The smallest absolute Gasteiger partial charge is 0.201 e. The van der Waals surface area contributed by atoms with E-state index in [-0.39, 0.29) is 11.3 Å². The molecule has 0 saturated carbocycles. The van der Waals surface area contributed by atoms with E-state index < -0.39 is 23.0 Å². The number of anilines is 1. The van der Waals surface area contributed by atoms with Crippen LogP contribution in [-0.2, 0) is 0 Å². The number of ketones is 1. The van der Waals surface area contributed by atoms with Crippen LogP contribution in [0.5, 0.6) is 0 Å². The topological polar surface area (TPSA) is 58.9 Å². The van der Waals surface area contributed by atoms with E-state index in [0.717, 1.165) is 17.6 Å². The molecule has 3 rings (SSSR count). The third-order valence-electron chi connectivity index (χ3n) is 3.18. The molecule has 3 nitrogen and oxygen atoms in total. The van der Waals surface area contributed by atoms with Crippen LogP contribution in [0.4, 0.5) is 14.5 Å². The lowest BCUT2D eigenvalue weighted by Gasteiger charge is -2.05. The van der Waals surface area contributed by atoms with Gasteiger partial charge in [-0.1, -0.05) is 18.2 Å². The predicted molar refractivity (Wildman–Crippen MR) is 72.5 cm³/mol. The summed E-state index contributed by atoms with van der Waals surface area (Å²) in [7, 11) is 0. The third kappa shape index (κ3) is 1.75. The van der Waals surface area contributed by atoms with Crippen molar-refractivity contribution in [2.75, 3.05) is 5.73 Å². The number of hydrogen-bond donors (Lipinski definition) is 2. The lowest BCUT2D eigenvalue weighted by Crippen LogP contribution is -2.09. The molecule has 20 heavy (non-hydrogen) atoms. The average molecular weight is 272 g/mol. The molecule has 0 aliphatic carbocycles. The molecule has 2 aromatic carbocycles. The molecule has 1 aromatic heterocycles. The monoisotopic (exact) mass is 272 g/mol. The summed E-state index contributed by atoms with van der Waals surface area (Å²) >= 11 is 0. The van der Waals surface area contributed by atoms with Gasteiger partial charge in [-0.05, 0) is 18.2 Å². The van der Waals surface area contributed by atoms with Gasteiger partial charge in [-0.2, -0.15) is 0 Å². The molecule has 5 heteroatoms. The Labute approximate surface area is 113 Å². The maximum atomic E-state index is 13.9. The van der Waals surface area contributed by atoms with Gasteiger partial charge >= 0.3 is 0 Å². The Hall–Kier alpha value is -2.69. The number of nitrogen functional groups attached to an aromatic ring is 1. The van der Waals surface area contributed by atoms with Crippen molar-refractivity contribution >= 4 is 22.4 Å². The van der Waals surface area contributed by atoms with Crippen molar-refractivity contribution in [1.82, 2.24) is 4.98 Å². The van der Waals surface area contributed by atoms with E-state index in [9.17, 15) is 13.6 Å². The first-order valence-corrected chi connectivity index (χ1v) is 5.94. The van der Waals surface area contributed by atoms with E-state index in [0.29, 0.717) is 5.39 Å². The second-order valence-electron chi connectivity index (χ2n) is 4.40. The zero-order valence-corrected chi connectivity index (χ0v) is 10.3. The molecule has 0 radical (unpaired) electrons. The van der Waals surface area contributed by atoms with Crippen molar-refractivity contribution in [1.29, 1.82) is 0 Å². The maximum Gasteiger partial charge on any atom is 0.201 e. The van der Waals surface area contributed by atoms with Gasteiger partial charge in [0.15, 0.2) is 5.82 Å². The molecule has 0 aliphatic rings. The number of aromatic amines is 1. The van der Waals surface area contributed by atoms with Gasteiger partial charge in [0.2, 0.25) is 5.78 Å². The van der Waals surface area contributed by atoms with Crippen molar-refractivity contribution in [2.24, 2.45) is 0 Å². The zero-order chi connectivity index (χ0) is 14.3. The lowest BCUT2D eigenvalue weighted by atomic mass is 10.0. The minimum absolute atomic E-state index is 0.212. The number of rotatable bonds is 2. The summed E-state index contributed by atoms with van der Waals surface area (Å²) in [5.41, 5.74) is 5.44. The normalized spacial score (nSPS) is 10.9. The fraction of sp³-hybridized carbons (Fsp3) is 0. The highest BCUT2D eigenvalue weighted by Crippen LogP contribution is 2.25. The summed E-state index contributed by atoms with van der Waals surface area (Å²) in [5.74, 6) is -2.68. The van der Waals surface area contributed by atoms with Crippen LogP contribution in [0.15, 0.2) is 42.6 Å². The molecule has 100 valence electrons. The molecule has 0 aliphatic heterocycles. The number of hydrogen-bond acceptors (Lipinski definition) is 2. The van der Waals surface area contributed by atoms with Crippen molar-refractivity contribution in [3.63, 3.8) is 0 Å². The van der Waals surface area contributed by atoms with Gasteiger partial charge in [0.25, 0.3) is 0 Å². The van der Waals surface area contributed by atoms with E-state index in [1.165, 1.54) is 6.20 Å². The number of carbonyl (C=O) groups excluding carboxylic acids is 1. The van der Waals surface area contributed by atoms with E-state index in [2.05, 4.69) is 4.98 Å². The second-order valence-corrected chi connectivity index (χ2v) is 4.40. The van der Waals surface area contributed by atoms with E-state index in [4.69, 9.17) is 5.73 Å². The largest absolute Gasteiger partial charge is 0.396 e. The molecule has 0 amide bonds. The number of fused-ring (bicyclic) bond motifs is 1. The summed E-state index contributed by atoms with van der Waals surface area (Å²) < 4.78 is 27.7. The van der Waals surface area contributed by atoms with E-state index >= 15 is 0 Å². The number of aromatic nitrogens is 1. The van der Waals surface area contributed by atoms with Crippen LogP contribution >= 0.6 is 0 Å². The molecule has 0 spiro atoms. The summed E-state index contributed by atoms with van der Waals surface area (Å²) in [4.78, 5) is 15.3. The Kier molecular flexibility index (Phi) is 2.75. The SMILES string of the molecule is Nc1ccc(F)c(C(=O)c2c[nH]c3ccccc23)c1F. The first kappa shape index (κ1) is 12.3. The molecule has 1 heterocycles. The van der Waals surface area contributed by atoms with Crippen molar-refractivity contribution in [3.8, 4) is 0 Å². The highest BCUT2D eigenvalue weighted by atomic mass is 19.1. The summed E-state index contributed by atoms with van der Waals surface area (Å²) in [5, 5.41) is 0.610. The highest BCUT2D eigenvalue weighted by molar-refractivity contribution is 6.16. The zero-order valence-electron chi connectivity index (χ0n) is 10.3. The number of nitrogens with two attached hydrogens (primary N) is 1. The molecule has 3 aromatic rings. The minimum Gasteiger partial charge on any atom is -0.396 e.